The maximum Gasteiger partial charge on any atom is 0.252 e. The molecule has 0 saturated carbocycles. The first-order valence-corrected chi connectivity index (χ1v) is 9.18. The van der Waals surface area contributed by atoms with E-state index in [-0.39, 0.29) is 5.91 Å². The Morgan fingerprint density at radius 1 is 1.23 bits per heavy atom. The third-order valence-electron chi connectivity index (χ3n) is 4.66. The summed E-state index contributed by atoms with van der Waals surface area (Å²) in [4.78, 5) is 13.1. The number of amides is 1. The standard InChI is InChI=1S/C20H19N3O2S/c1-11-10-23-19(12(11)2)16(7-8-22-23)25-14-5-6-15-17(9-14)26-13(3)18(15)20(24)21-4/h5-10H,1-4H3,(H,21,24). The summed E-state index contributed by atoms with van der Waals surface area (Å²) >= 11 is 1.60. The zero-order chi connectivity index (χ0) is 18.4. The Morgan fingerprint density at radius 3 is 2.81 bits per heavy atom. The maximum atomic E-state index is 12.1. The van der Waals surface area contributed by atoms with Gasteiger partial charge in [-0.25, -0.2) is 4.52 Å². The molecule has 5 nitrogen and oxygen atoms in total. The molecule has 1 aromatic carbocycles. The van der Waals surface area contributed by atoms with Crippen molar-refractivity contribution in [2.45, 2.75) is 20.8 Å². The van der Waals surface area contributed by atoms with Crippen molar-refractivity contribution in [3.8, 4) is 11.5 Å². The van der Waals surface area contributed by atoms with Crippen LogP contribution in [0.2, 0.25) is 0 Å². The van der Waals surface area contributed by atoms with E-state index < -0.39 is 0 Å². The van der Waals surface area contributed by atoms with Crippen LogP contribution in [0.1, 0.15) is 26.4 Å². The molecule has 0 aliphatic heterocycles. The van der Waals surface area contributed by atoms with Crippen LogP contribution in [0.3, 0.4) is 0 Å². The summed E-state index contributed by atoms with van der Waals surface area (Å²) in [5.74, 6) is 1.45. The summed E-state index contributed by atoms with van der Waals surface area (Å²) in [6, 6.07) is 7.72. The predicted octanol–water partition coefficient (Wildman–Crippen LogP) is 4.63. The highest BCUT2D eigenvalue weighted by atomic mass is 32.1. The molecule has 0 radical (unpaired) electrons. The van der Waals surface area contributed by atoms with Gasteiger partial charge in [-0.05, 0) is 50.1 Å². The van der Waals surface area contributed by atoms with Gasteiger partial charge in [-0.3, -0.25) is 4.79 Å². The van der Waals surface area contributed by atoms with E-state index in [1.54, 1.807) is 24.6 Å². The molecule has 0 bridgehead atoms. The van der Waals surface area contributed by atoms with Crippen LogP contribution in [0.5, 0.6) is 11.5 Å². The molecule has 0 aliphatic rings. The van der Waals surface area contributed by atoms with Crippen molar-refractivity contribution in [1.82, 2.24) is 14.9 Å². The van der Waals surface area contributed by atoms with Crippen LogP contribution in [-0.2, 0) is 0 Å². The molecule has 3 heterocycles. The van der Waals surface area contributed by atoms with E-state index >= 15 is 0 Å². The second-order valence-electron chi connectivity index (χ2n) is 6.30. The molecular formula is C20H19N3O2S. The molecule has 4 aromatic rings. The van der Waals surface area contributed by atoms with Gasteiger partial charge < -0.3 is 10.1 Å². The zero-order valence-electron chi connectivity index (χ0n) is 15.1. The SMILES string of the molecule is CNC(=O)c1c(C)sc2cc(Oc3ccnn4cc(C)c(C)c34)ccc12. The number of fused-ring (bicyclic) bond motifs is 2. The highest BCUT2D eigenvalue weighted by Gasteiger charge is 2.16. The van der Waals surface area contributed by atoms with Crippen molar-refractivity contribution in [3.05, 3.63) is 58.2 Å². The van der Waals surface area contributed by atoms with Crippen LogP contribution in [0.25, 0.3) is 15.6 Å². The lowest BCUT2D eigenvalue weighted by Crippen LogP contribution is -2.18. The van der Waals surface area contributed by atoms with Gasteiger partial charge >= 0.3 is 0 Å². The second-order valence-corrected chi connectivity index (χ2v) is 7.55. The lowest BCUT2D eigenvalue weighted by Gasteiger charge is -2.08. The number of carbonyl (C=O) groups is 1. The van der Waals surface area contributed by atoms with E-state index in [4.69, 9.17) is 4.74 Å². The molecule has 0 spiro atoms. The van der Waals surface area contributed by atoms with E-state index in [9.17, 15) is 4.79 Å². The second kappa shape index (κ2) is 6.14. The number of hydrogen-bond donors (Lipinski definition) is 1. The van der Waals surface area contributed by atoms with E-state index in [2.05, 4.69) is 24.3 Å². The average Bonchev–Trinajstić information content (AvgIpc) is 3.10. The first kappa shape index (κ1) is 16.6. The van der Waals surface area contributed by atoms with Crippen molar-refractivity contribution in [3.63, 3.8) is 0 Å². The van der Waals surface area contributed by atoms with Crippen LogP contribution >= 0.6 is 11.3 Å². The molecule has 132 valence electrons. The number of thiophene rings is 1. The number of aryl methyl sites for hydroxylation is 3. The van der Waals surface area contributed by atoms with E-state index in [1.807, 2.05) is 41.9 Å². The first-order chi connectivity index (χ1) is 12.5. The van der Waals surface area contributed by atoms with Crippen LogP contribution in [-0.4, -0.2) is 22.6 Å². The first-order valence-electron chi connectivity index (χ1n) is 8.36. The summed E-state index contributed by atoms with van der Waals surface area (Å²) in [7, 11) is 1.65. The van der Waals surface area contributed by atoms with Crippen molar-refractivity contribution >= 4 is 32.8 Å². The third-order valence-corrected chi connectivity index (χ3v) is 5.73. The normalized spacial score (nSPS) is 11.2. The van der Waals surface area contributed by atoms with Gasteiger partial charge in [0.15, 0.2) is 5.75 Å². The summed E-state index contributed by atoms with van der Waals surface area (Å²) in [5, 5.41) is 8.02. The highest BCUT2D eigenvalue weighted by molar-refractivity contribution is 7.19. The van der Waals surface area contributed by atoms with Crippen LogP contribution in [0.15, 0.2) is 36.7 Å². The number of ether oxygens (including phenoxy) is 1. The average molecular weight is 365 g/mol. The molecule has 4 rings (SSSR count). The number of nitrogens with one attached hydrogen (secondary N) is 1. The Bertz CT molecular complexity index is 1160. The van der Waals surface area contributed by atoms with Gasteiger partial charge in [0.05, 0.1) is 11.8 Å². The minimum absolute atomic E-state index is 0.0578. The molecule has 0 saturated heterocycles. The van der Waals surface area contributed by atoms with Gasteiger partial charge in [0.1, 0.15) is 11.3 Å². The fraction of sp³-hybridized carbons (Fsp3) is 0.200. The number of nitrogens with zero attached hydrogens (tertiary/aromatic N) is 2. The third kappa shape index (κ3) is 2.54. The maximum absolute atomic E-state index is 12.1. The lowest BCUT2D eigenvalue weighted by molar-refractivity contribution is 0.0964. The largest absolute Gasteiger partial charge is 0.455 e. The fourth-order valence-electron chi connectivity index (χ4n) is 3.22. The van der Waals surface area contributed by atoms with Crippen LogP contribution < -0.4 is 10.1 Å². The number of benzene rings is 1. The Hall–Kier alpha value is -2.86. The molecule has 0 fully saturated rings. The summed E-state index contributed by atoms with van der Waals surface area (Å²) in [6.07, 6.45) is 3.73. The number of rotatable bonds is 3. The van der Waals surface area contributed by atoms with Crippen molar-refractivity contribution in [2.24, 2.45) is 0 Å². The highest BCUT2D eigenvalue weighted by Crippen LogP contribution is 2.36. The zero-order valence-corrected chi connectivity index (χ0v) is 15.9. The molecular weight excluding hydrogens is 346 g/mol. The summed E-state index contributed by atoms with van der Waals surface area (Å²) < 4.78 is 9.05. The molecule has 6 heteroatoms. The van der Waals surface area contributed by atoms with Crippen molar-refractivity contribution in [1.29, 1.82) is 0 Å². The van der Waals surface area contributed by atoms with E-state index in [1.165, 1.54) is 5.56 Å². The molecule has 0 atom stereocenters. The number of hydrogen-bond acceptors (Lipinski definition) is 4. The molecule has 1 N–H and O–H groups in total. The van der Waals surface area contributed by atoms with Crippen LogP contribution in [0, 0.1) is 20.8 Å². The lowest BCUT2D eigenvalue weighted by atomic mass is 10.1. The Balaban J connectivity index is 1.78. The smallest absolute Gasteiger partial charge is 0.252 e. The quantitative estimate of drug-likeness (QED) is 0.576. The van der Waals surface area contributed by atoms with Crippen molar-refractivity contribution < 1.29 is 9.53 Å². The topological polar surface area (TPSA) is 55.6 Å². The van der Waals surface area contributed by atoms with E-state index in [0.29, 0.717) is 0 Å². The van der Waals surface area contributed by atoms with Gasteiger partial charge in [0.2, 0.25) is 0 Å². The van der Waals surface area contributed by atoms with Crippen molar-refractivity contribution in [2.75, 3.05) is 7.05 Å². The van der Waals surface area contributed by atoms with Gasteiger partial charge in [0.25, 0.3) is 5.91 Å². The predicted molar refractivity (Wildman–Crippen MR) is 105 cm³/mol. The van der Waals surface area contributed by atoms with Gasteiger partial charge in [-0.15, -0.1) is 11.3 Å². The van der Waals surface area contributed by atoms with Gasteiger partial charge in [-0.2, -0.15) is 5.10 Å². The molecule has 3 aromatic heterocycles. The van der Waals surface area contributed by atoms with Gasteiger partial charge in [0, 0.05) is 34.3 Å². The minimum Gasteiger partial charge on any atom is -0.455 e. The Labute approximate surface area is 155 Å². The number of carbonyl (C=O) groups excluding carboxylic acids is 1. The fourth-order valence-corrected chi connectivity index (χ4v) is 4.31. The summed E-state index contributed by atoms with van der Waals surface area (Å²) in [5.41, 5.74) is 4.04. The monoisotopic (exact) mass is 365 g/mol. The Kier molecular flexibility index (Phi) is 3.92. The van der Waals surface area contributed by atoms with Gasteiger partial charge in [-0.1, -0.05) is 0 Å². The molecule has 0 unspecified atom stereocenters. The summed E-state index contributed by atoms with van der Waals surface area (Å²) in [6.45, 7) is 6.10. The Morgan fingerprint density at radius 2 is 2.04 bits per heavy atom. The number of aromatic nitrogens is 2. The minimum atomic E-state index is -0.0578. The molecule has 26 heavy (non-hydrogen) atoms. The van der Waals surface area contributed by atoms with Crippen LogP contribution in [0.4, 0.5) is 0 Å². The van der Waals surface area contributed by atoms with E-state index in [0.717, 1.165) is 43.1 Å². The molecule has 0 aliphatic carbocycles. The molecule has 1 amide bonds.